The highest BCUT2D eigenvalue weighted by Gasteiger charge is 2.15. The number of nitrogens with one attached hydrogen (secondary N) is 2. The molecular formula is C18H20N2O6S. The quantitative estimate of drug-likeness (QED) is 0.663. The second-order valence-corrected chi connectivity index (χ2v) is 7.03. The van der Waals surface area contributed by atoms with E-state index in [4.69, 9.17) is 4.74 Å². The predicted octanol–water partition coefficient (Wildman–Crippen LogP) is 1.79. The van der Waals surface area contributed by atoms with Gasteiger partial charge in [-0.05, 0) is 49.4 Å². The number of amides is 1. The molecule has 2 aromatic carbocycles. The molecule has 2 aromatic rings. The van der Waals surface area contributed by atoms with Crippen LogP contribution in [-0.4, -0.2) is 40.6 Å². The monoisotopic (exact) mass is 392 g/mol. The number of carbonyl (C=O) groups excluding carboxylic acids is 2. The summed E-state index contributed by atoms with van der Waals surface area (Å²) in [6.45, 7) is 2.03. The summed E-state index contributed by atoms with van der Waals surface area (Å²) in [4.78, 5) is 23.2. The number of hydrogen-bond donors (Lipinski definition) is 2. The molecule has 1 amide bonds. The van der Waals surface area contributed by atoms with Gasteiger partial charge in [0.05, 0.1) is 18.6 Å². The van der Waals surface area contributed by atoms with Crippen molar-refractivity contribution in [3.8, 4) is 5.75 Å². The van der Waals surface area contributed by atoms with E-state index in [1.54, 1.807) is 12.1 Å². The molecule has 27 heavy (non-hydrogen) atoms. The molecule has 0 heterocycles. The summed E-state index contributed by atoms with van der Waals surface area (Å²) in [7, 11) is -2.62. The first-order valence-corrected chi connectivity index (χ1v) is 9.55. The van der Waals surface area contributed by atoms with Crippen molar-refractivity contribution in [1.82, 2.24) is 5.32 Å². The maximum absolute atomic E-state index is 12.5. The van der Waals surface area contributed by atoms with E-state index in [1.165, 1.54) is 43.5 Å². The fraction of sp³-hybridized carbons (Fsp3) is 0.222. The summed E-state index contributed by atoms with van der Waals surface area (Å²) >= 11 is 0. The Kier molecular flexibility index (Phi) is 6.78. The van der Waals surface area contributed by atoms with Crippen LogP contribution in [0.5, 0.6) is 5.75 Å². The molecule has 0 fully saturated rings. The number of hydrogen-bond acceptors (Lipinski definition) is 6. The number of ether oxygens (including phenoxy) is 2. The Balaban J connectivity index is 2.12. The van der Waals surface area contributed by atoms with Crippen LogP contribution >= 0.6 is 0 Å². The van der Waals surface area contributed by atoms with Gasteiger partial charge in [0.2, 0.25) is 0 Å². The molecule has 9 heteroatoms. The Morgan fingerprint density at radius 3 is 2.41 bits per heavy atom. The summed E-state index contributed by atoms with van der Waals surface area (Å²) in [5, 5.41) is 2.38. The van der Waals surface area contributed by atoms with Gasteiger partial charge in [0.1, 0.15) is 12.3 Å². The van der Waals surface area contributed by atoms with Crippen molar-refractivity contribution in [1.29, 1.82) is 0 Å². The summed E-state index contributed by atoms with van der Waals surface area (Å²) in [5.74, 6) is -0.543. The maximum atomic E-state index is 12.5. The molecule has 0 spiro atoms. The van der Waals surface area contributed by atoms with Gasteiger partial charge >= 0.3 is 5.97 Å². The molecule has 8 nitrogen and oxygen atoms in total. The molecule has 0 aliphatic rings. The average molecular weight is 392 g/mol. The van der Waals surface area contributed by atoms with Crippen LogP contribution in [0.3, 0.4) is 0 Å². The first-order valence-electron chi connectivity index (χ1n) is 8.06. The highest BCUT2D eigenvalue weighted by Crippen LogP contribution is 2.20. The number of benzene rings is 2. The summed E-state index contributed by atoms with van der Waals surface area (Å²) in [6, 6.07) is 11.9. The van der Waals surface area contributed by atoms with Gasteiger partial charge in [-0.1, -0.05) is 6.07 Å². The van der Waals surface area contributed by atoms with Crippen molar-refractivity contribution >= 4 is 27.6 Å². The second kappa shape index (κ2) is 9.04. The lowest BCUT2D eigenvalue weighted by Crippen LogP contribution is -2.30. The fourth-order valence-electron chi connectivity index (χ4n) is 2.15. The molecular weight excluding hydrogens is 372 g/mol. The first kappa shape index (κ1) is 20.2. The standard InChI is InChI=1S/C18H20N2O6S/c1-3-26-15-7-9-16(10-8-15)27(23,24)20-14-6-4-5-13(11-14)18(22)19-12-17(21)25-2/h4-11,20H,3,12H2,1-2H3,(H,19,22). The van der Waals surface area contributed by atoms with Crippen LogP contribution in [0.1, 0.15) is 17.3 Å². The van der Waals surface area contributed by atoms with Crippen molar-refractivity contribution in [2.45, 2.75) is 11.8 Å². The number of esters is 1. The van der Waals surface area contributed by atoms with Crippen molar-refractivity contribution in [3.63, 3.8) is 0 Å². The zero-order valence-corrected chi connectivity index (χ0v) is 15.7. The molecule has 0 aromatic heterocycles. The van der Waals surface area contributed by atoms with Gasteiger partial charge in [0, 0.05) is 11.3 Å². The topological polar surface area (TPSA) is 111 Å². The van der Waals surface area contributed by atoms with Gasteiger partial charge in [0.25, 0.3) is 15.9 Å². The van der Waals surface area contributed by atoms with E-state index in [2.05, 4.69) is 14.8 Å². The zero-order valence-electron chi connectivity index (χ0n) is 14.9. The molecule has 2 rings (SSSR count). The molecule has 0 saturated carbocycles. The van der Waals surface area contributed by atoms with E-state index in [0.717, 1.165) is 0 Å². The molecule has 0 bridgehead atoms. The molecule has 144 valence electrons. The van der Waals surface area contributed by atoms with Crippen LogP contribution < -0.4 is 14.8 Å². The van der Waals surface area contributed by atoms with Crippen LogP contribution in [0.4, 0.5) is 5.69 Å². The molecule has 0 saturated heterocycles. The molecule has 0 aliphatic carbocycles. The second-order valence-electron chi connectivity index (χ2n) is 5.35. The van der Waals surface area contributed by atoms with Gasteiger partial charge in [-0.25, -0.2) is 8.42 Å². The van der Waals surface area contributed by atoms with E-state index >= 15 is 0 Å². The van der Waals surface area contributed by atoms with Crippen LogP contribution in [0.15, 0.2) is 53.4 Å². The molecule has 0 atom stereocenters. The molecule has 0 aliphatic heterocycles. The third-order valence-electron chi connectivity index (χ3n) is 3.44. The van der Waals surface area contributed by atoms with Crippen molar-refractivity contribution < 1.29 is 27.5 Å². The third-order valence-corrected chi connectivity index (χ3v) is 4.84. The van der Waals surface area contributed by atoms with E-state index in [0.29, 0.717) is 12.4 Å². The van der Waals surface area contributed by atoms with Crippen LogP contribution in [0.25, 0.3) is 0 Å². The number of sulfonamides is 1. The Morgan fingerprint density at radius 2 is 1.78 bits per heavy atom. The molecule has 0 radical (unpaired) electrons. The Labute approximate surface area is 157 Å². The maximum Gasteiger partial charge on any atom is 0.325 e. The lowest BCUT2D eigenvalue weighted by atomic mass is 10.2. The van der Waals surface area contributed by atoms with E-state index in [1.807, 2.05) is 6.92 Å². The Morgan fingerprint density at radius 1 is 1.07 bits per heavy atom. The van der Waals surface area contributed by atoms with Crippen molar-refractivity contribution in [3.05, 3.63) is 54.1 Å². The van der Waals surface area contributed by atoms with Gasteiger partial charge in [-0.2, -0.15) is 0 Å². The van der Waals surface area contributed by atoms with Crippen molar-refractivity contribution in [2.75, 3.05) is 25.0 Å². The van der Waals surface area contributed by atoms with Crippen LogP contribution in [0.2, 0.25) is 0 Å². The first-order chi connectivity index (χ1) is 12.9. The lowest BCUT2D eigenvalue weighted by molar-refractivity contribution is -0.139. The van der Waals surface area contributed by atoms with E-state index in [-0.39, 0.29) is 22.7 Å². The fourth-order valence-corrected chi connectivity index (χ4v) is 3.20. The predicted molar refractivity (Wildman–Crippen MR) is 99.2 cm³/mol. The minimum atomic E-state index is -3.83. The Hall–Kier alpha value is -3.07. The number of carbonyl (C=O) groups is 2. The number of anilines is 1. The number of rotatable bonds is 8. The summed E-state index contributed by atoms with van der Waals surface area (Å²) < 4.78 is 37.1. The van der Waals surface area contributed by atoms with E-state index < -0.39 is 21.9 Å². The van der Waals surface area contributed by atoms with E-state index in [9.17, 15) is 18.0 Å². The Bertz CT molecular complexity index is 910. The minimum Gasteiger partial charge on any atom is -0.494 e. The lowest BCUT2D eigenvalue weighted by Gasteiger charge is -2.10. The smallest absolute Gasteiger partial charge is 0.325 e. The SMILES string of the molecule is CCOc1ccc(S(=O)(=O)Nc2cccc(C(=O)NCC(=O)OC)c2)cc1. The van der Waals surface area contributed by atoms with Gasteiger partial charge in [0.15, 0.2) is 0 Å². The number of methoxy groups -OCH3 is 1. The largest absolute Gasteiger partial charge is 0.494 e. The minimum absolute atomic E-state index is 0.0616. The van der Waals surface area contributed by atoms with Gasteiger partial charge in [-0.3, -0.25) is 14.3 Å². The molecule has 0 unspecified atom stereocenters. The van der Waals surface area contributed by atoms with Crippen LogP contribution in [0, 0.1) is 0 Å². The summed E-state index contributed by atoms with van der Waals surface area (Å²) in [5.41, 5.74) is 0.417. The molecule has 2 N–H and O–H groups in total. The van der Waals surface area contributed by atoms with Crippen molar-refractivity contribution in [2.24, 2.45) is 0 Å². The third kappa shape index (κ3) is 5.71. The highest BCUT2D eigenvalue weighted by atomic mass is 32.2. The average Bonchev–Trinajstić information content (AvgIpc) is 2.66. The van der Waals surface area contributed by atoms with Gasteiger partial charge < -0.3 is 14.8 Å². The highest BCUT2D eigenvalue weighted by molar-refractivity contribution is 7.92. The zero-order chi connectivity index (χ0) is 19.9. The summed E-state index contributed by atoms with van der Waals surface area (Å²) in [6.07, 6.45) is 0. The van der Waals surface area contributed by atoms with Crippen LogP contribution in [-0.2, 0) is 19.6 Å². The van der Waals surface area contributed by atoms with Gasteiger partial charge in [-0.15, -0.1) is 0 Å². The normalized spacial score (nSPS) is 10.7.